The van der Waals surface area contributed by atoms with E-state index >= 15 is 0 Å². The SMILES string of the molecule is CC(C)[C@@H](COc1ccc(-c2ccc(C(F)(F)F)cn2)cc1)Nc1ccc(C(=O)CCCC(=O)O)cc1. The molecule has 2 aromatic carbocycles. The molecule has 1 heterocycles. The third kappa shape index (κ3) is 8.34. The van der Waals surface area contributed by atoms with E-state index in [1.807, 2.05) is 12.1 Å². The molecule has 3 aromatic rings. The van der Waals surface area contributed by atoms with Crippen LogP contribution in [-0.4, -0.2) is 34.5 Å². The average Bonchev–Trinajstić information content (AvgIpc) is 2.86. The van der Waals surface area contributed by atoms with E-state index in [1.165, 1.54) is 6.07 Å². The monoisotopic (exact) mass is 514 g/mol. The Morgan fingerprint density at radius 2 is 1.65 bits per heavy atom. The van der Waals surface area contributed by atoms with Gasteiger partial charge in [0.2, 0.25) is 0 Å². The lowest BCUT2D eigenvalue weighted by molar-refractivity contribution is -0.138. The van der Waals surface area contributed by atoms with E-state index in [9.17, 15) is 22.8 Å². The fourth-order valence-electron chi connectivity index (χ4n) is 3.55. The minimum Gasteiger partial charge on any atom is -0.491 e. The Morgan fingerprint density at radius 3 is 2.19 bits per heavy atom. The Balaban J connectivity index is 1.55. The third-order valence-corrected chi connectivity index (χ3v) is 5.83. The molecule has 1 aromatic heterocycles. The molecule has 9 heteroatoms. The first kappa shape index (κ1) is 27.7. The highest BCUT2D eigenvalue weighted by Crippen LogP contribution is 2.30. The molecule has 37 heavy (non-hydrogen) atoms. The Morgan fingerprint density at radius 1 is 0.973 bits per heavy atom. The number of carbonyl (C=O) groups excluding carboxylic acids is 1. The van der Waals surface area contributed by atoms with Crippen LogP contribution in [0.15, 0.2) is 66.9 Å². The summed E-state index contributed by atoms with van der Waals surface area (Å²) in [6.45, 7) is 4.48. The minimum atomic E-state index is -4.42. The van der Waals surface area contributed by atoms with Crippen molar-refractivity contribution in [1.29, 1.82) is 0 Å². The molecule has 2 N–H and O–H groups in total. The number of ketones is 1. The molecular weight excluding hydrogens is 485 g/mol. The van der Waals surface area contributed by atoms with Gasteiger partial charge in [0.15, 0.2) is 5.78 Å². The van der Waals surface area contributed by atoms with Gasteiger partial charge in [-0.2, -0.15) is 13.2 Å². The Kier molecular flexibility index (Phi) is 9.27. The maximum atomic E-state index is 12.7. The summed E-state index contributed by atoms with van der Waals surface area (Å²) in [5.41, 5.74) is 1.69. The average molecular weight is 515 g/mol. The van der Waals surface area contributed by atoms with Crippen LogP contribution >= 0.6 is 0 Å². The zero-order valence-electron chi connectivity index (χ0n) is 20.6. The first-order chi connectivity index (χ1) is 17.5. The summed E-state index contributed by atoms with van der Waals surface area (Å²) in [5.74, 6) is -0.161. The maximum Gasteiger partial charge on any atom is 0.417 e. The van der Waals surface area contributed by atoms with E-state index in [4.69, 9.17) is 9.84 Å². The van der Waals surface area contributed by atoms with Crippen LogP contribution in [-0.2, 0) is 11.0 Å². The molecule has 0 bridgehead atoms. The van der Waals surface area contributed by atoms with Crippen molar-refractivity contribution in [3.05, 3.63) is 78.0 Å². The normalized spacial score (nSPS) is 12.3. The molecule has 0 aliphatic carbocycles. The molecule has 0 radical (unpaired) electrons. The molecule has 0 aliphatic heterocycles. The number of pyridine rings is 1. The fraction of sp³-hybridized carbons (Fsp3) is 0.321. The van der Waals surface area contributed by atoms with Crippen LogP contribution in [0.25, 0.3) is 11.3 Å². The van der Waals surface area contributed by atoms with Gasteiger partial charge in [-0.15, -0.1) is 0 Å². The molecule has 196 valence electrons. The second kappa shape index (κ2) is 12.4. The molecule has 0 unspecified atom stereocenters. The molecule has 1 atom stereocenters. The van der Waals surface area contributed by atoms with Gasteiger partial charge in [0, 0.05) is 35.9 Å². The second-order valence-corrected chi connectivity index (χ2v) is 9.01. The topological polar surface area (TPSA) is 88.5 Å². The highest BCUT2D eigenvalue weighted by molar-refractivity contribution is 5.96. The highest BCUT2D eigenvalue weighted by Gasteiger charge is 2.30. The standard InChI is InChI=1S/C28H29F3N2O4/c1-18(2)25(33-22-11-6-20(7-12-22)26(34)4-3-5-27(35)36)17-37-23-13-8-19(9-14-23)24-15-10-21(16-32-24)28(29,30)31/h6-16,18,25,33H,3-5,17H2,1-2H3,(H,35,36)/t25-/m1/s1. The van der Waals surface area contributed by atoms with Crippen molar-refractivity contribution in [1.82, 2.24) is 4.98 Å². The number of alkyl halides is 3. The summed E-state index contributed by atoms with van der Waals surface area (Å²) in [6.07, 6.45) is -3.14. The summed E-state index contributed by atoms with van der Waals surface area (Å²) in [6, 6.07) is 16.4. The smallest absolute Gasteiger partial charge is 0.417 e. The van der Waals surface area contributed by atoms with Gasteiger partial charge >= 0.3 is 12.1 Å². The van der Waals surface area contributed by atoms with Crippen LogP contribution in [0, 0.1) is 5.92 Å². The maximum absolute atomic E-state index is 12.7. The fourth-order valence-corrected chi connectivity index (χ4v) is 3.55. The van der Waals surface area contributed by atoms with Crippen molar-refractivity contribution in [2.24, 2.45) is 5.92 Å². The van der Waals surface area contributed by atoms with Gasteiger partial charge in [-0.05, 0) is 73.0 Å². The number of Topliss-reactive ketones (excluding diaryl/α,β-unsaturated/α-hetero) is 1. The lowest BCUT2D eigenvalue weighted by Gasteiger charge is -2.24. The predicted molar refractivity (Wildman–Crippen MR) is 135 cm³/mol. The molecular formula is C28H29F3N2O4. The van der Waals surface area contributed by atoms with Crippen LogP contribution in [0.2, 0.25) is 0 Å². The lowest BCUT2D eigenvalue weighted by Crippen LogP contribution is -2.32. The van der Waals surface area contributed by atoms with Crippen molar-refractivity contribution in [3.8, 4) is 17.0 Å². The molecule has 0 amide bonds. The number of anilines is 1. The number of aromatic nitrogens is 1. The van der Waals surface area contributed by atoms with E-state index < -0.39 is 17.7 Å². The largest absolute Gasteiger partial charge is 0.491 e. The highest BCUT2D eigenvalue weighted by atomic mass is 19.4. The number of carboxylic acid groups (broad SMARTS) is 1. The Bertz CT molecular complexity index is 1180. The summed E-state index contributed by atoms with van der Waals surface area (Å²) in [5, 5.41) is 12.1. The molecule has 0 saturated heterocycles. The van der Waals surface area contributed by atoms with E-state index in [0.717, 1.165) is 18.0 Å². The summed E-state index contributed by atoms with van der Waals surface area (Å²) >= 11 is 0. The summed E-state index contributed by atoms with van der Waals surface area (Å²) < 4.78 is 44.2. The number of hydrogen-bond donors (Lipinski definition) is 2. The summed E-state index contributed by atoms with van der Waals surface area (Å²) in [4.78, 5) is 26.7. The number of hydrogen-bond acceptors (Lipinski definition) is 5. The lowest BCUT2D eigenvalue weighted by atomic mass is 10.0. The number of aliphatic carboxylic acids is 1. The predicted octanol–water partition coefficient (Wildman–Crippen LogP) is 6.72. The zero-order valence-corrected chi connectivity index (χ0v) is 20.6. The number of halogens is 3. The van der Waals surface area contributed by atoms with Crippen molar-refractivity contribution in [2.75, 3.05) is 11.9 Å². The van der Waals surface area contributed by atoms with Gasteiger partial charge in [-0.3, -0.25) is 14.6 Å². The van der Waals surface area contributed by atoms with Gasteiger partial charge in [0.1, 0.15) is 12.4 Å². The zero-order chi connectivity index (χ0) is 27.0. The first-order valence-corrected chi connectivity index (χ1v) is 11.9. The van der Waals surface area contributed by atoms with E-state index in [2.05, 4.69) is 24.1 Å². The number of ether oxygens (including phenoxy) is 1. The molecule has 6 nitrogen and oxygen atoms in total. The summed E-state index contributed by atoms with van der Waals surface area (Å²) in [7, 11) is 0. The van der Waals surface area contributed by atoms with Crippen molar-refractivity contribution in [3.63, 3.8) is 0 Å². The van der Waals surface area contributed by atoms with Gasteiger partial charge in [0.25, 0.3) is 0 Å². The van der Waals surface area contributed by atoms with E-state index in [0.29, 0.717) is 35.6 Å². The molecule has 0 fully saturated rings. The molecule has 3 rings (SSSR count). The van der Waals surface area contributed by atoms with Crippen LogP contribution in [0.1, 0.15) is 49.0 Å². The van der Waals surface area contributed by atoms with Gasteiger partial charge in [-0.25, -0.2) is 0 Å². The quantitative estimate of drug-likeness (QED) is 0.261. The van der Waals surface area contributed by atoms with Crippen LogP contribution in [0.4, 0.5) is 18.9 Å². The second-order valence-electron chi connectivity index (χ2n) is 9.01. The third-order valence-electron chi connectivity index (χ3n) is 5.83. The number of nitrogens with zero attached hydrogens (tertiary/aromatic N) is 1. The van der Waals surface area contributed by atoms with Gasteiger partial charge in [0.05, 0.1) is 17.3 Å². The van der Waals surface area contributed by atoms with Gasteiger partial charge in [-0.1, -0.05) is 13.8 Å². The Hall–Kier alpha value is -3.88. The Labute approximate surface area is 213 Å². The van der Waals surface area contributed by atoms with Crippen LogP contribution < -0.4 is 10.1 Å². The number of benzene rings is 2. The van der Waals surface area contributed by atoms with Crippen molar-refractivity contribution in [2.45, 2.75) is 45.3 Å². The van der Waals surface area contributed by atoms with Crippen molar-refractivity contribution < 1.29 is 32.6 Å². The number of carboxylic acids is 1. The molecule has 0 aliphatic rings. The van der Waals surface area contributed by atoms with Crippen LogP contribution in [0.5, 0.6) is 5.75 Å². The van der Waals surface area contributed by atoms with Crippen molar-refractivity contribution >= 4 is 17.4 Å². The number of carbonyl (C=O) groups is 2. The van der Waals surface area contributed by atoms with E-state index in [1.54, 1.807) is 36.4 Å². The van der Waals surface area contributed by atoms with E-state index in [-0.39, 0.29) is 30.6 Å². The number of nitrogens with one attached hydrogen (secondary N) is 1. The minimum absolute atomic E-state index is 0.0316. The van der Waals surface area contributed by atoms with Gasteiger partial charge < -0.3 is 15.2 Å². The molecule has 0 spiro atoms. The first-order valence-electron chi connectivity index (χ1n) is 11.9. The molecule has 0 saturated carbocycles. The number of rotatable bonds is 12. The van der Waals surface area contributed by atoms with Crippen LogP contribution in [0.3, 0.4) is 0 Å².